The van der Waals surface area contributed by atoms with E-state index in [9.17, 15) is 4.79 Å². The van der Waals surface area contributed by atoms with Crippen LogP contribution in [0.3, 0.4) is 0 Å². The normalized spacial score (nSPS) is 12.2. The van der Waals surface area contributed by atoms with Gasteiger partial charge in [-0.25, -0.2) is 4.98 Å². The van der Waals surface area contributed by atoms with E-state index in [0.29, 0.717) is 17.3 Å². The lowest BCUT2D eigenvalue weighted by Crippen LogP contribution is -2.19. The van der Waals surface area contributed by atoms with E-state index in [-0.39, 0.29) is 0 Å². The van der Waals surface area contributed by atoms with Crippen LogP contribution in [0.15, 0.2) is 36.7 Å². The molecular weight excluding hydrogens is 418 g/mol. The Morgan fingerprint density at radius 1 is 1.21 bits per heavy atom. The van der Waals surface area contributed by atoms with Gasteiger partial charge in [-0.1, -0.05) is 6.07 Å². The predicted octanol–water partition coefficient (Wildman–Crippen LogP) is 3.23. The number of nitrogens with zero attached hydrogens (tertiary/aromatic N) is 5. The quantitative estimate of drug-likeness (QED) is 0.490. The molecule has 0 atom stereocenters. The highest BCUT2D eigenvalue weighted by Crippen LogP contribution is 2.35. The van der Waals surface area contributed by atoms with Crippen LogP contribution >= 0.6 is 0 Å². The zero-order valence-electron chi connectivity index (χ0n) is 19.0. The van der Waals surface area contributed by atoms with Crippen molar-refractivity contribution in [2.24, 2.45) is 12.8 Å². The number of aryl methyl sites for hydroxylation is 3. The van der Waals surface area contributed by atoms with Crippen LogP contribution in [-0.4, -0.2) is 37.3 Å². The third-order valence-corrected chi connectivity index (χ3v) is 6.20. The fourth-order valence-electron chi connectivity index (χ4n) is 4.50. The van der Waals surface area contributed by atoms with E-state index < -0.39 is 5.91 Å². The number of methoxy groups -OCH3 is 1. The molecule has 0 saturated heterocycles. The summed E-state index contributed by atoms with van der Waals surface area (Å²) in [5.74, 6) is 1.44. The van der Waals surface area contributed by atoms with Crippen molar-refractivity contribution in [2.45, 2.75) is 26.7 Å². The molecule has 9 nitrogen and oxygen atoms in total. The number of anilines is 2. The zero-order chi connectivity index (χ0) is 23.3. The van der Waals surface area contributed by atoms with Gasteiger partial charge in [-0.2, -0.15) is 10.1 Å². The van der Waals surface area contributed by atoms with E-state index in [2.05, 4.69) is 15.4 Å². The maximum Gasteiger partial charge on any atom is 0.250 e. The summed E-state index contributed by atoms with van der Waals surface area (Å²) in [6.45, 7) is 4.05. The highest BCUT2D eigenvalue weighted by Gasteiger charge is 2.23. The minimum atomic E-state index is -0.427. The van der Waals surface area contributed by atoms with Gasteiger partial charge in [-0.05, 0) is 50.5 Å². The first-order valence-corrected chi connectivity index (χ1v) is 10.7. The Labute approximate surface area is 191 Å². The van der Waals surface area contributed by atoms with E-state index >= 15 is 0 Å². The van der Waals surface area contributed by atoms with Gasteiger partial charge in [-0.15, -0.1) is 0 Å². The van der Waals surface area contributed by atoms with Crippen LogP contribution in [0.4, 0.5) is 11.6 Å². The highest BCUT2D eigenvalue weighted by atomic mass is 16.5. The molecule has 3 N–H and O–H groups in total. The van der Waals surface area contributed by atoms with Crippen molar-refractivity contribution in [3.63, 3.8) is 0 Å². The number of aromatic nitrogens is 5. The van der Waals surface area contributed by atoms with E-state index in [1.807, 2.05) is 60.7 Å². The molecule has 9 heteroatoms. The second kappa shape index (κ2) is 7.77. The number of nitrogens with two attached hydrogens (primary N) is 1. The average molecular weight is 444 g/mol. The lowest BCUT2D eigenvalue weighted by molar-refractivity contribution is 0.0999. The lowest BCUT2D eigenvalue weighted by Gasteiger charge is -2.20. The molecule has 1 aliphatic heterocycles. The molecule has 33 heavy (non-hydrogen) atoms. The van der Waals surface area contributed by atoms with Gasteiger partial charge < -0.3 is 20.4 Å². The molecule has 0 bridgehead atoms. The van der Waals surface area contributed by atoms with Gasteiger partial charge in [-0.3, -0.25) is 9.48 Å². The standard InChI is InChI=1S/C24H25N7O2/c1-13-21(14(2)30(3)29-13)15-5-7-18(20(11-15)33-4)27-24-26-12-16-6-8-19-17(22(25)32)9-10-31(19)23(16)28-24/h5,7,9-12H,6,8H2,1-4H3,(H2,25,32)(H,26,27,28). The molecule has 1 aliphatic rings. The van der Waals surface area contributed by atoms with Crippen molar-refractivity contribution in [3.8, 4) is 22.7 Å². The number of nitrogens with one attached hydrogen (secondary N) is 1. The Morgan fingerprint density at radius 3 is 2.73 bits per heavy atom. The summed E-state index contributed by atoms with van der Waals surface area (Å²) in [4.78, 5) is 21.0. The first kappa shape index (κ1) is 20.7. The fraction of sp³-hybridized carbons (Fsp3) is 0.250. The third kappa shape index (κ3) is 3.42. The predicted molar refractivity (Wildman–Crippen MR) is 125 cm³/mol. The summed E-state index contributed by atoms with van der Waals surface area (Å²) < 4.78 is 9.46. The topological polar surface area (TPSA) is 113 Å². The fourth-order valence-corrected chi connectivity index (χ4v) is 4.50. The number of benzene rings is 1. The Hall–Kier alpha value is -4.14. The summed E-state index contributed by atoms with van der Waals surface area (Å²) >= 11 is 0. The monoisotopic (exact) mass is 443 g/mol. The van der Waals surface area contributed by atoms with Crippen molar-refractivity contribution in [1.82, 2.24) is 24.3 Å². The van der Waals surface area contributed by atoms with E-state index in [0.717, 1.165) is 58.1 Å². The van der Waals surface area contributed by atoms with Crippen LogP contribution in [0.1, 0.15) is 33.0 Å². The van der Waals surface area contributed by atoms with Gasteiger partial charge >= 0.3 is 0 Å². The lowest BCUT2D eigenvalue weighted by atomic mass is 10.0. The summed E-state index contributed by atoms with van der Waals surface area (Å²) in [6, 6.07) is 7.71. The summed E-state index contributed by atoms with van der Waals surface area (Å²) in [6.07, 6.45) is 5.12. The number of primary amides is 1. The molecule has 0 unspecified atom stereocenters. The van der Waals surface area contributed by atoms with Gasteiger partial charge in [0.1, 0.15) is 11.6 Å². The summed E-state index contributed by atoms with van der Waals surface area (Å²) in [7, 11) is 3.58. The number of carbonyl (C=O) groups is 1. The SMILES string of the molecule is COc1cc(-c2c(C)nn(C)c2C)ccc1Nc1ncc2c(n1)-n1ccc(C(N)=O)c1CC2. The molecular formula is C24H25N7O2. The van der Waals surface area contributed by atoms with Gasteiger partial charge in [0.25, 0.3) is 5.91 Å². The second-order valence-corrected chi connectivity index (χ2v) is 8.16. The van der Waals surface area contributed by atoms with Crippen LogP contribution in [0.5, 0.6) is 5.75 Å². The molecule has 0 radical (unpaired) electrons. The molecule has 0 saturated carbocycles. The number of hydrogen-bond acceptors (Lipinski definition) is 6. The van der Waals surface area contributed by atoms with Gasteiger partial charge in [0.2, 0.25) is 5.95 Å². The molecule has 0 spiro atoms. The minimum absolute atomic E-state index is 0.427. The van der Waals surface area contributed by atoms with Crippen molar-refractivity contribution < 1.29 is 9.53 Å². The zero-order valence-corrected chi connectivity index (χ0v) is 19.0. The maximum absolute atomic E-state index is 11.7. The van der Waals surface area contributed by atoms with Gasteiger partial charge in [0.05, 0.1) is 24.1 Å². The Morgan fingerprint density at radius 2 is 2.03 bits per heavy atom. The summed E-state index contributed by atoms with van der Waals surface area (Å²) in [5, 5.41) is 7.79. The average Bonchev–Trinajstić information content (AvgIpc) is 3.35. The van der Waals surface area contributed by atoms with Crippen molar-refractivity contribution in [1.29, 1.82) is 0 Å². The van der Waals surface area contributed by atoms with Crippen LogP contribution < -0.4 is 15.8 Å². The largest absolute Gasteiger partial charge is 0.495 e. The highest BCUT2D eigenvalue weighted by molar-refractivity contribution is 5.94. The number of ether oxygens (including phenoxy) is 1. The smallest absolute Gasteiger partial charge is 0.250 e. The Balaban J connectivity index is 1.49. The molecule has 4 heterocycles. The summed E-state index contributed by atoms with van der Waals surface area (Å²) in [5.41, 5.74) is 12.9. The van der Waals surface area contributed by atoms with E-state index in [4.69, 9.17) is 15.5 Å². The van der Waals surface area contributed by atoms with Crippen LogP contribution in [0.25, 0.3) is 16.9 Å². The number of amides is 1. The first-order chi connectivity index (χ1) is 15.9. The molecule has 1 aromatic carbocycles. The number of hydrogen-bond donors (Lipinski definition) is 2. The molecule has 0 fully saturated rings. The van der Waals surface area contributed by atoms with Gasteiger partial charge in [0.15, 0.2) is 0 Å². The van der Waals surface area contributed by atoms with Crippen molar-refractivity contribution >= 4 is 17.5 Å². The molecule has 0 aliphatic carbocycles. The molecule has 3 aromatic heterocycles. The molecule has 1 amide bonds. The number of rotatable bonds is 5. The van der Waals surface area contributed by atoms with Crippen LogP contribution in [0.2, 0.25) is 0 Å². The Kier molecular flexibility index (Phi) is 4.88. The number of fused-ring (bicyclic) bond motifs is 3. The molecule has 168 valence electrons. The first-order valence-electron chi connectivity index (χ1n) is 10.7. The second-order valence-electron chi connectivity index (χ2n) is 8.16. The minimum Gasteiger partial charge on any atom is -0.495 e. The van der Waals surface area contributed by atoms with Gasteiger partial charge in [0, 0.05) is 42.0 Å². The maximum atomic E-state index is 11.7. The van der Waals surface area contributed by atoms with Crippen LogP contribution in [0, 0.1) is 13.8 Å². The van der Waals surface area contributed by atoms with E-state index in [1.54, 1.807) is 13.2 Å². The van der Waals surface area contributed by atoms with Crippen molar-refractivity contribution in [3.05, 3.63) is 64.9 Å². The van der Waals surface area contributed by atoms with E-state index in [1.165, 1.54) is 0 Å². The van der Waals surface area contributed by atoms with Crippen molar-refractivity contribution in [2.75, 3.05) is 12.4 Å². The molecule has 5 rings (SSSR count). The molecule has 4 aromatic rings. The Bertz CT molecular complexity index is 1400. The van der Waals surface area contributed by atoms with Crippen LogP contribution in [-0.2, 0) is 19.9 Å². The third-order valence-electron chi connectivity index (χ3n) is 6.20. The number of carbonyl (C=O) groups excluding carboxylic acids is 1.